The first-order chi connectivity index (χ1) is 16.4. The first kappa shape index (κ1) is 22.1. The van der Waals surface area contributed by atoms with Gasteiger partial charge in [-0.25, -0.2) is 14.8 Å². The molecule has 1 saturated carbocycles. The average molecular weight is 475 g/mol. The molecule has 2 N–H and O–H groups in total. The van der Waals surface area contributed by atoms with Gasteiger partial charge in [-0.1, -0.05) is 23.4 Å². The van der Waals surface area contributed by atoms with Crippen LogP contribution in [0.3, 0.4) is 0 Å². The summed E-state index contributed by atoms with van der Waals surface area (Å²) in [6.45, 7) is -0.637. The Morgan fingerprint density at radius 1 is 1.26 bits per heavy atom. The van der Waals surface area contributed by atoms with E-state index in [2.05, 4.69) is 29.9 Å². The fourth-order valence-electron chi connectivity index (χ4n) is 3.66. The van der Waals surface area contributed by atoms with Crippen LogP contribution in [0.5, 0.6) is 5.75 Å². The van der Waals surface area contributed by atoms with E-state index in [4.69, 9.17) is 9.47 Å². The molecule has 9 nitrogen and oxygen atoms in total. The number of hydrogen-bond acceptors (Lipinski definition) is 8. The zero-order valence-corrected chi connectivity index (χ0v) is 17.8. The topological polar surface area (TPSA) is 115 Å². The summed E-state index contributed by atoms with van der Waals surface area (Å²) >= 11 is 0. The average Bonchev–Trinajstić information content (AvgIpc) is 3.58. The third-order valence-electron chi connectivity index (χ3n) is 5.41. The fourth-order valence-corrected chi connectivity index (χ4v) is 3.66. The molecule has 1 aromatic carbocycles. The van der Waals surface area contributed by atoms with Gasteiger partial charge in [-0.2, -0.15) is 13.2 Å². The number of aromatic nitrogens is 4. The number of aromatic amines is 1. The van der Waals surface area contributed by atoms with Crippen molar-refractivity contribution in [2.24, 2.45) is 0 Å². The molecular weight excluding hydrogens is 455 g/mol. The first-order valence-corrected chi connectivity index (χ1v) is 10.7. The maximum Gasteiger partial charge on any atom is 0.439 e. The molecule has 1 fully saturated rings. The quantitative estimate of drug-likeness (QED) is 0.523. The summed E-state index contributed by atoms with van der Waals surface area (Å²) in [4.78, 5) is 23.0. The van der Waals surface area contributed by atoms with Crippen molar-refractivity contribution in [2.75, 3.05) is 25.1 Å². The van der Waals surface area contributed by atoms with Gasteiger partial charge in [0.15, 0.2) is 23.9 Å². The summed E-state index contributed by atoms with van der Waals surface area (Å²) in [5.41, 5.74) is 2.56. The Labute approximate surface area is 191 Å². The molecule has 0 bridgehead atoms. The molecule has 178 valence electrons. The Morgan fingerprint density at radius 2 is 2.12 bits per heavy atom. The largest absolute Gasteiger partial charge is 0.481 e. The van der Waals surface area contributed by atoms with E-state index in [0.29, 0.717) is 25.2 Å². The minimum atomic E-state index is -4.52. The van der Waals surface area contributed by atoms with Crippen molar-refractivity contribution in [2.45, 2.75) is 31.4 Å². The number of nitrogens with one attached hydrogen (secondary N) is 2. The number of benzene rings is 1. The van der Waals surface area contributed by atoms with Crippen LogP contribution in [-0.2, 0) is 4.74 Å². The van der Waals surface area contributed by atoms with Crippen LogP contribution in [0.4, 0.5) is 24.7 Å². The van der Waals surface area contributed by atoms with E-state index in [1.165, 1.54) is 0 Å². The summed E-state index contributed by atoms with van der Waals surface area (Å²) in [6.07, 6.45) is 1.39. The van der Waals surface area contributed by atoms with Crippen LogP contribution in [-0.4, -0.2) is 46.1 Å². The molecule has 0 radical (unpaired) electrons. The monoisotopic (exact) mass is 475 g/mol. The lowest BCUT2D eigenvalue weighted by Gasteiger charge is -2.21. The van der Waals surface area contributed by atoms with E-state index in [0.717, 1.165) is 24.1 Å². The van der Waals surface area contributed by atoms with Gasteiger partial charge in [-0.05, 0) is 30.9 Å². The second-order valence-electron chi connectivity index (χ2n) is 7.98. The van der Waals surface area contributed by atoms with Crippen LogP contribution in [0, 0.1) is 0 Å². The number of nitrogens with zero attached hydrogens (tertiary/aromatic N) is 3. The molecule has 0 atom stereocenters. The van der Waals surface area contributed by atoms with Crippen molar-refractivity contribution in [3.05, 3.63) is 52.3 Å². The normalized spacial score (nSPS) is 16.3. The number of halogens is 3. The molecule has 3 aromatic rings. The van der Waals surface area contributed by atoms with Crippen molar-refractivity contribution in [1.29, 1.82) is 0 Å². The van der Waals surface area contributed by atoms with Gasteiger partial charge in [0.2, 0.25) is 5.82 Å². The highest BCUT2D eigenvalue weighted by Crippen LogP contribution is 2.41. The highest BCUT2D eigenvalue weighted by molar-refractivity contribution is 5.81. The summed E-state index contributed by atoms with van der Waals surface area (Å²) in [5.74, 6) is -0.219. The molecule has 1 aliphatic heterocycles. The summed E-state index contributed by atoms with van der Waals surface area (Å²) < 4.78 is 54.3. The van der Waals surface area contributed by atoms with Gasteiger partial charge in [-0.15, -0.1) is 0 Å². The summed E-state index contributed by atoms with van der Waals surface area (Å²) in [5, 5.41) is 6.73. The second kappa shape index (κ2) is 8.93. The lowest BCUT2D eigenvalue weighted by Crippen LogP contribution is -2.20. The zero-order chi connectivity index (χ0) is 23.7. The van der Waals surface area contributed by atoms with Crippen LogP contribution >= 0.6 is 0 Å². The van der Waals surface area contributed by atoms with Crippen LogP contribution in [0.25, 0.3) is 17.1 Å². The maximum atomic E-state index is 13.0. The van der Waals surface area contributed by atoms with Crippen molar-refractivity contribution in [3.8, 4) is 17.3 Å². The number of hydrogen-bond donors (Lipinski definition) is 2. The minimum absolute atomic E-state index is 0.0284. The molecule has 1 aliphatic carbocycles. The van der Waals surface area contributed by atoms with Gasteiger partial charge in [-0.3, -0.25) is 9.51 Å². The van der Waals surface area contributed by atoms with Crippen molar-refractivity contribution in [3.63, 3.8) is 0 Å². The van der Waals surface area contributed by atoms with Crippen LogP contribution < -0.4 is 15.8 Å². The number of ether oxygens (including phenoxy) is 2. The highest BCUT2D eigenvalue weighted by atomic mass is 19.4. The van der Waals surface area contributed by atoms with Crippen LogP contribution in [0.15, 0.2) is 39.8 Å². The lowest BCUT2D eigenvalue weighted by molar-refractivity contribution is -0.153. The van der Waals surface area contributed by atoms with Gasteiger partial charge < -0.3 is 14.8 Å². The van der Waals surface area contributed by atoms with Crippen LogP contribution in [0.2, 0.25) is 0 Å². The molecule has 3 heterocycles. The third-order valence-corrected chi connectivity index (χ3v) is 5.41. The Bertz CT molecular complexity index is 1280. The number of alkyl halides is 3. The predicted octanol–water partition coefficient (Wildman–Crippen LogP) is 4.19. The Balaban J connectivity index is 1.56. The maximum absolute atomic E-state index is 13.0. The van der Waals surface area contributed by atoms with Gasteiger partial charge in [0.1, 0.15) is 0 Å². The smallest absolute Gasteiger partial charge is 0.439 e. The number of para-hydroxylation sites is 1. The molecule has 0 saturated heterocycles. The molecule has 2 aromatic heterocycles. The van der Waals surface area contributed by atoms with Crippen molar-refractivity contribution in [1.82, 2.24) is 20.1 Å². The molecule has 2 aliphatic rings. The molecule has 34 heavy (non-hydrogen) atoms. The first-order valence-electron chi connectivity index (χ1n) is 10.7. The van der Waals surface area contributed by atoms with E-state index in [1.54, 1.807) is 24.4 Å². The Morgan fingerprint density at radius 3 is 2.79 bits per heavy atom. The Kier molecular flexibility index (Phi) is 5.82. The number of anilines is 2. The second-order valence-corrected chi connectivity index (χ2v) is 7.98. The van der Waals surface area contributed by atoms with E-state index in [9.17, 15) is 18.0 Å². The molecular formula is C22H20F3N5O4. The number of H-pyrrole nitrogens is 1. The van der Waals surface area contributed by atoms with Crippen LogP contribution in [0.1, 0.15) is 36.4 Å². The molecule has 5 rings (SSSR count). The van der Waals surface area contributed by atoms with Crippen molar-refractivity contribution >= 4 is 17.1 Å². The highest BCUT2D eigenvalue weighted by Gasteiger charge is 2.31. The minimum Gasteiger partial charge on any atom is -0.481 e. The molecule has 0 spiro atoms. The van der Waals surface area contributed by atoms with Gasteiger partial charge >= 0.3 is 11.9 Å². The summed E-state index contributed by atoms with van der Waals surface area (Å²) in [7, 11) is 0. The molecule has 0 amide bonds. The summed E-state index contributed by atoms with van der Waals surface area (Å²) in [6, 6.07) is 4.99. The standard InChI is InChI=1S/C22H20F3N5O4/c23-22(24,25)11-33-18-14(12-6-8-32-9-7-12)2-1-3-15(18)28-19-17(20-29-21(31)34-30-20)27-16(10-26-19)13-4-5-13/h1-3,6,10,13H,4-5,7-9,11H2,(H,26,28)(H,29,30,31). The number of rotatable bonds is 7. The Hall–Kier alpha value is -3.67. The van der Waals surface area contributed by atoms with Gasteiger partial charge in [0, 0.05) is 11.5 Å². The molecule has 12 heteroatoms. The fraction of sp³-hybridized carbons (Fsp3) is 0.364. The third kappa shape index (κ3) is 4.96. The van der Waals surface area contributed by atoms with E-state index >= 15 is 0 Å². The van der Waals surface area contributed by atoms with E-state index in [-0.39, 0.29) is 34.7 Å². The zero-order valence-electron chi connectivity index (χ0n) is 17.8. The van der Waals surface area contributed by atoms with Gasteiger partial charge in [0.05, 0.1) is 30.8 Å². The van der Waals surface area contributed by atoms with Gasteiger partial charge in [0.25, 0.3) is 0 Å². The predicted molar refractivity (Wildman–Crippen MR) is 115 cm³/mol. The van der Waals surface area contributed by atoms with Crippen molar-refractivity contribution < 1.29 is 27.2 Å². The lowest BCUT2D eigenvalue weighted by atomic mass is 9.99. The van der Waals surface area contributed by atoms with E-state index < -0.39 is 18.5 Å². The molecule has 0 unspecified atom stereocenters. The SMILES string of the molecule is O=c1[nH]c(-c2nc(C3CC3)cnc2Nc2cccc(C3=CCOCC3)c2OCC(F)(F)F)no1. The van der Waals surface area contributed by atoms with E-state index in [1.807, 2.05) is 6.08 Å².